The van der Waals surface area contributed by atoms with Crippen LogP contribution in [0.3, 0.4) is 0 Å². The third-order valence-electron chi connectivity index (χ3n) is 3.07. The molecule has 0 atom stereocenters. The van der Waals surface area contributed by atoms with E-state index in [1.807, 2.05) is 6.92 Å². The van der Waals surface area contributed by atoms with Crippen LogP contribution in [0.2, 0.25) is 0 Å². The third kappa shape index (κ3) is 3.56. The minimum absolute atomic E-state index is 0. The molecule has 16 heavy (non-hydrogen) atoms. The first-order valence-electron chi connectivity index (χ1n) is 5.43. The summed E-state index contributed by atoms with van der Waals surface area (Å²) < 4.78 is 26.8. The van der Waals surface area contributed by atoms with Crippen molar-refractivity contribution in [3.63, 3.8) is 0 Å². The van der Waals surface area contributed by atoms with Crippen molar-refractivity contribution in [2.75, 3.05) is 33.2 Å². The Bertz CT molecular complexity index is 289. The number of nitrogens with zero attached hydrogens (tertiary/aromatic N) is 2. The molecule has 1 saturated heterocycles. The predicted molar refractivity (Wildman–Crippen MR) is 67.8 cm³/mol. The lowest BCUT2D eigenvalue weighted by Gasteiger charge is -2.32. The van der Waals surface area contributed by atoms with E-state index >= 15 is 0 Å². The van der Waals surface area contributed by atoms with E-state index in [0.717, 1.165) is 12.8 Å². The first kappa shape index (κ1) is 16.1. The van der Waals surface area contributed by atoms with Crippen LogP contribution in [0.4, 0.5) is 0 Å². The van der Waals surface area contributed by atoms with Gasteiger partial charge in [0.25, 0.3) is 10.2 Å². The molecule has 1 aliphatic heterocycles. The number of hydrogen-bond donors (Lipinski definition) is 1. The van der Waals surface area contributed by atoms with Crippen LogP contribution in [0.15, 0.2) is 0 Å². The van der Waals surface area contributed by atoms with E-state index in [1.54, 1.807) is 11.4 Å². The third-order valence-corrected chi connectivity index (χ3v) is 5.14. The summed E-state index contributed by atoms with van der Waals surface area (Å²) in [6.45, 7) is 4.23. The van der Waals surface area contributed by atoms with Gasteiger partial charge in [0.2, 0.25) is 0 Å². The van der Waals surface area contributed by atoms with E-state index in [0.29, 0.717) is 32.1 Å². The first-order valence-corrected chi connectivity index (χ1v) is 6.83. The molecule has 0 aliphatic carbocycles. The van der Waals surface area contributed by atoms with Crippen molar-refractivity contribution >= 4 is 22.6 Å². The monoisotopic (exact) mass is 271 g/mol. The van der Waals surface area contributed by atoms with Gasteiger partial charge in [0.1, 0.15) is 0 Å². The topological polar surface area (TPSA) is 66.6 Å². The van der Waals surface area contributed by atoms with Crippen LogP contribution in [0.1, 0.15) is 19.8 Å². The van der Waals surface area contributed by atoms with Crippen molar-refractivity contribution in [2.24, 2.45) is 11.7 Å². The van der Waals surface area contributed by atoms with Crippen LogP contribution < -0.4 is 5.73 Å². The van der Waals surface area contributed by atoms with E-state index < -0.39 is 10.2 Å². The van der Waals surface area contributed by atoms with Crippen molar-refractivity contribution in [3.05, 3.63) is 0 Å². The molecule has 0 aromatic rings. The Kier molecular flexibility index (Phi) is 6.81. The van der Waals surface area contributed by atoms with Gasteiger partial charge in [0, 0.05) is 26.7 Å². The van der Waals surface area contributed by atoms with E-state index in [4.69, 9.17) is 5.73 Å². The SMILES string of the molecule is CCN(C)S(=O)(=O)N1CCC(CN)CC1.Cl. The average Bonchev–Trinajstić information content (AvgIpc) is 2.28. The molecule has 5 nitrogen and oxygen atoms in total. The Hall–Kier alpha value is 0.120. The van der Waals surface area contributed by atoms with Gasteiger partial charge in [-0.15, -0.1) is 12.4 Å². The van der Waals surface area contributed by atoms with Crippen LogP contribution in [0, 0.1) is 5.92 Å². The summed E-state index contributed by atoms with van der Waals surface area (Å²) in [4.78, 5) is 0. The quantitative estimate of drug-likeness (QED) is 0.799. The molecule has 98 valence electrons. The van der Waals surface area contributed by atoms with Gasteiger partial charge >= 0.3 is 0 Å². The Morgan fingerprint density at radius 1 is 1.38 bits per heavy atom. The Morgan fingerprint density at radius 3 is 2.25 bits per heavy atom. The van der Waals surface area contributed by atoms with Crippen molar-refractivity contribution in [1.29, 1.82) is 0 Å². The van der Waals surface area contributed by atoms with Gasteiger partial charge in [-0.1, -0.05) is 6.92 Å². The minimum Gasteiger partial charge on any atom is -0.330 e. The van der Waals surface area contributed by atoms with E-state index in [2.05, 4.69) is 0 Å². The molecule has 1 aliphatic rings. The molecule has 0 spiro atoms. The maximum absolute atomic E-state index is 11.9. The predicted octanol–water partition coefficient (Wildman–Crippen LogP) is 0.275. The Balaban J connectivity index is 0.00000225. The largest absolute Gasteiger partial charge is 0.330 e. The maximum Gasteiger partial charge on any atom is 0.281 e. The molecular formula is C9H22ClN3O2S. The molecule has 0 saturated carbocycles. The molecule has 7 heteroatoms. The highest BCUT2D eigenvalue weighted by molar-refractivity contribution is 7.86. The molecule has 1 fully saturated rings. The molecule has 1 heterocycles. The second kappa shape index (κ2) is 6.76. The van der Waals surface area contributed by atoms with E-state index in [-0.39, 0.29) is 12.4 Å². The van der Waals surface area contributed by atoms with Gasteiger partial charge in [-0.05, 0) is 25.3 Å². The lowest BCUT2D eigenvalue weighted by atomic mass is 9.99. The van der Waals surface area contributed by atoms with Crippen LogP contribution in [0.25, 0.3) is 0 Å². The second-order valence-electron chi connectivity index (χ2n) is 4.00. The lowest BCUT2D eigenvalue weighted by Crippen LogP contribution is -2.46. The van der Waals surface area contributed by atoms with Gasteiger partial charge in [-0.25, -0.2) is 0 Å². The number of piperidine rings is 1. The maximum atomic E-state index is 11.9. The molecule has 0 radical (unpaired) electrons. The summed E-state index contributed by atoms with van der Waals surface area (Å²) in [5, 5.41) is 0. The van der Waals surface area contributed by atoms with E-state index in [1.165, 1.54) is 4.31 Å². The second-order valence-corrected chi connectivity index (χ2v) is 6.04. The summed E-state index contributed by atoms with van der Waals surface area (Å²) >= 11 is 0. The molecule has 0 unspecified atom stereocenters. The number of rotatable bonds is 4. The van der Waals surface area contributed by atoms with Gasteiger partial charge in [0.05, 0.1) is 0 Å². The Labute approximate surface area is 105 Å². The highest BCUT2D eigenvalue weighted by Crippen LogP contribution is 2.19. The van der Waals surface area contributed by atoms with Gasteiger partial charge in [-0.3, -0.25) is 0 Å². The van der Waals surface area contributed by atoms with Crippen LogP contribution >= 0.6 is 12.4 Å². The van der Waals surface area contributed by atoms with Gasteiger partial charge < -0.3 is 5.73 Å². The van der Waals surface area contributed by atoms with Crippen molar-refractivity contribution < 1.29 is 8.42 Å². The average molecular weight is 272 g/mol. The fourth-order valence-electron chi connectivity index (χ4n) is 1.74. The van der Waals surface area contributed by atoms with Gasteiger partial charge in [0.15, 0.2) is 0 Å². The smallest absolute Gasteiger partial charge is 0.281 e. The molecule has 0 aromatic heterocycles. The summed E-state index contributed by atoms with van der Waals surface area (Å²) in [6, 6.07) is 0. The summed E-state index contributed by atoms with van der Waals surface area (Å²) in [6.07, 6.45) is 1.76. The minimum atomic E-state index is -3.22. The number of hydrogen-bond acceptors (Lipinski definition) is 3. The van der Waals surface area contributed by atoms with Gasteiger partial charge in [-0.2, -0.15) is 17.0 Å². The fraction of sp³-hybridized carbons (Fsp3) is 1.00. The zero-order valence-electron chi connectivity index (χ0n) is 9.92. The molecule has 1 rings (SSSR count). The highest BCUT2D eigenvalue weighted by Gasteiger charge is 2.29. The standard InChI is InChI=1S/C9H21N3O2S.ClH/c1-3-11(2)15(13,14)12-6-4-9(8-10)5-7-12;/h9H,3-8,10H2,1-2H3;1H. The van der Waals surface area contributed by atoms with Crippen molar-refractivity contribution in [2.45, 2.75) is 19.8 Å². The lowest BCUT2D eigenvalue weighted by molar-refractivity contribution is 0.264. The zero-order chi connectivity index (χ0) is 11.5. The Morgan fingerprint density at radius 2 is 1.88 bits per heavy atom. The van der Waals surface area contributed by atoms with Crippen molar-refractivity contribution in [3.8, 4) is 0 Å². The number of halogens is 1. The normalized spacial score (nSPS) is 19.8. The molecule has 2 N–H and O–H groups in total. The van der Waals surface area contributed by atoms with Crippen LogP contribution in [-0.2, 0) is 10.2 Å². The molecule has 0 bridgehead atoms. The molecular weight excluding hydrogens is 250 g/mol. The zero-order valence-corrected chi connectivity index (χ0v) is 11.6. The van der Waals surface area contributed by atoms with Crippen LogP contribution in [-0.4, -0.2) is 50.3 Å². The summed E-state index contributed by atoms with van der Waals surface area (Å²) in [5.74, 6) is 0.489. The molecule has 0 aromatic carbocycles. The summed E-state index contributed by atoms with van der Waals surface area (Å²) in [7, 11) is -1.60. The number of nitrogens with two attached hydrogens (primary N) is 1. The summed E-state index contributed by atoms with van der Waals surface area (Å²) in [5.41, 5.74) is 5.57. The first-order chi connectivity index (χ1) is 7.02. The van der Waals surface area contributed by atoms with E-state index in [9.17, 15) is 8.42 Å². The fourth-order valence-corrected chi connectivity index (χ4v) is 3.13. The van der Waals surface area contributed by atoms with Crippen LogP contribution in [0.5, 0.6) is 0 Å². The highest BCUT2D eigenvalue weighted by atomic mass is 35.5. The molecule has 0 amide bonds. The van der Waals surface area contributed by atoms with Crippen molar-refractivity contribution in [1.82, 2.24) is 8.61 Å².